The second-order valence-electron chi connectivity index (χ2n) is 5.48. The predicted molar refractivity (Wildman–Crippen MR) is 92.2 cm³/mol. The highest BCUT2D eigenvalue weighted by Gasteiger charge is 2.37. The van der Waals surface area contributed by atoms with Crippen LogP contribution < -0.4 is 16.2 Å². The standard InChI is InChI=1S/C15H12F3N3O4S2/c16-15(17,18)9-5-7(1-4-12(9)27(20,23)24)10-3-2-8(25-10)6-11-13(22)21-14(19)26-11/h1-6,14H,19H2,(H,21,22)(H2,20,23,24)/b11-6-. The molecule has 0 bridgehead atoms. The Balaban J connectivity index is 2.00. The van der Waals surface area contributed by atoms with E-state index in [1.54, 1.807) is 0 Å². The normalized spacial score (nSPS) is 19.5. The van der Waals surface area contributed by atoms with Crippen molar-refractivity contribution in [3.63, 3.8) is 0 Å². The van der Waals surface area contributed by atoms with Crippen molar-refractivity contribution in [3.8, 4) is 11.3 Å². The van der Waals surface area contributed by atoms with Crippen molar-refractivity contribution >= 4 is 33.8 Å². The number of benzene rings is 1. The molecule has 1 saturated heterocycles. The summed E-state index contributed by atoms with van der Waals surface area (Å²) in [5.41, 5.74) is 3.59. The largest absolute Gasteiger partial charge is 0.457 e. The summed E-state index contributed by atoms with van der Waals surface area (Å²) in [6.45, 7) is 0. The Bertz CT molecular complexity index is 1040. The first-order valence-corrected chi connectivity index (χ1v) is 9.67. The molecule has 1 aromatic heterocycles. The Labute approximate surface area is 155 Å². The second kappa shape index (κ2) is 6.71. The van der Waals surface area contributed by atoms with Crippen LogP contribution >= 0.6 is 11.8 Å². The quantitative estimate of drug-likeness (QED) is 0.654. The predicted octanol–water partition coefficient (Wildman–Crippen LogP) is 2.06. The van der Waals surface area contributed by atoms with Gasteiger partial charge in [-0.15, -0.1) is 0 Å². The molecule has 27 heavy (non-hydrogen) atoms. The zero-order chi connectivity index (χ0) is 20.0. The van der Waals surface area contributed by atoms with Crippen molar-refractivity contribution < 1.29 is 30.8 Å². The molecule has 1 fully saturated rings. The number of sulfonamides is 1. The number of halogens is 3. The minimum atomic E-state index is -4.93. The highest BCUT2D eigenvalue weighted by atomic mass is 32.2. The molecule has 0 aliphatic carbocycles. The Morgan fingerprint density at radius 2 is 1.93 bits per heavy atom. The third-order valence-electron chi connectivity index (χ3n) is 3.53. The molecule has 1 atom stereocenters. The third-order valence-corrected chi connectivity index (χ3v) is 5.43. The molecule has 1 aliphatic rings. The van der Waals surface area contributed by atoms with Gasteiger partial charge in [-0.1, -0.05) is 11.8 Å². The number of carbonyl (C=O) groups is 1. The van der Waals surface area contributed by atoms with Gasteiger partial charge in [0.25, 0.3) is 5.91 Å². The first kappa shape index (κ1) is 19.5. The third kappa shape index (κ3) is 4.18. The first-order valence-electron chi connectivity index (χ1n) is 7.24. The fourth-order valence-corrected chi connectivity index (χ4v) is 3.92. The maximum Gasteiger partial charge on any atom is 0.417 e. The van der Waals surface area contributed by atoms with Crippen molar-refractivity contribution in [2.45, 2.75) is 16.6 Å². The number of nitrogens with two attached hydrogens (primary N) is 2. The second-order valence-corrected chi connectivity index (χ2v) is 8.19. The number of alkyl halides is 3. The van der Waals surface area contributed by atoms with Gasteiger partial charge in [0.05, 0.1) is 15.4 Å². The Hall–Kier alpha value is -2.28. The van der Waals surface area contributed by atoms with Crippen LogP contribution in [0, 0.1) is 0 Å². The van der Waals surface area contributed by atoms with Gasteiger partial charge in [0.15, 0.2) is 0 Å². The van der Waals surface area contributed by atoms with Crippen LogP contribution in [0.5, 0.6) is 0 Å². The molecule has 2 heterocycles. The number of thioether (sulfide) groups is 1. The van der Waals surface area contributed by atoms with E-state index in [2.05, 4.69) is 5.32 Å². The molecule has 3 rings (SSSR count). The average Bonchev–Trinajstić information content (AvgIpc) is 3.12. The molecular weight excluding hydrogens is 407 g/mol. The van der Waals surface area contributed by atoms with E-state index in [1.165, 1.54) is 18.2 Å². The fourth-order valence-electron chi connectivity index (χ4n) is 2.39. The SMILES string of the molecule is NC1NC(=O)/C(=C/c2ccc(-c3ccc(S(N)(=O)=O)c(C(F)(F)F)c3)o2)S1. The smallest absolute Gasteiger partial charge is 0.417 e. The van der Waals surface area contributed by atoms with E-state index < -0.39 is 32.2 Å². The van der Waals surface area contributed by atoms with Gasteiger partial charge < -0.3 is 15.5 Å². The van der Waals surface area contributed by atoms with Crippen LogP contribution in [-0.2, 0) is 21.0 Å². The van der Waals surface area contributed by atoms with Gasteiger partial charge in [0, 0.05) is 11.6 Å². The van der Waals surface area contributed by atoms with E-state index in [-0.39, 0.29) is 23.0 Å². The lowest BCUT2D eigenvalue weighted by Crippen LogP contribution is -2.31. The maximum absolute atomic E-state index is 13.2. The minimum absolute atomic E-state index is 0.000368. The number of carbonyl (C=O) groups excluding carboxylic acids is 1. The molecule has 1 aromatic carbocycles. The molecule has 0 spiro atoms. The summed E-state index contributed by atoms with van der Waals surface area (Å²) in [7, 11) is -4.56. The zero-order valence-corrected chi connectivity index (χ0v) is 14.9. The fraction of sp³-hybridized carbons (Fsp3) is 0.133. The van der Waals surface area contributed by atoms with Crippen molar-refractivity contribution in [1.82, 2.24) is 5.32 Å². The van der Waals surface area contributed by atoms with Crippen LogP contribution in [0.4, 0.5) is 13.2 Å². The van der Waals surface area contributed by atoms with Crippen LogP contribution in [0.3, 0.4) is 0 Å². The average molecular weight is 419 g/mol. The van der Waals surface area contributed by atoms with Crippen LogP contribution in [0.25, 0.3) is 17.4 Å². The van der Waals surface area contributed by atoms with E-state index in [0.29, 0.717) is 11.0 Å². The van der Waals surface area contributed by atoms with Crippen LogP contribution in [-0.4, -0.2) is 19.8 Å². The van der Waals surface area contributed by atoms with E-state index in [4.69, 9.17) is 15.3 Å². The van der Waals surface area contributed by atoms with Crippen LogP contribution in [0.15, 0.2) is 44.5 Å². The monoisotopic (exact) mass is 419 g/mol. The Kier molecular flexibility index (Phi) is 4.84. The topological polar surface area (TPSA) is 128 Å². The zero-order valence-electron chi connectivity index (χ0n) is 13.3. The van der Waals surface area contributed by atoms with Gasteiger partial charge in [0.2, 0.25) is 10.0 Å². The van der Waals surface area contributed by atoms with Gasteiger partial charge in [-0.2, -0.15) is 13.2 Å². The summed E-state index contributed by atoms with van der Waals surface area (Å²) >= 11 is 1.07. The number of hydrogen-bond donors (Lipinski definition) is 3. The molecule has 1 unspecified atom stereocenters. The lowest BCUT2D eigenvalue weighted by atomic mass is 10.1. The van der Waals surface area contributed by atoms with Crippen molar-refractivity contribution in [2.75, 3.05) is 0 Å². The Morgan fingerprint density at radius 3 is 2.48 bits per heavy atom. The molecule has 1 aliphatic heterocycles. The molecule has 144 valence electrons. The maximum atomic E-state index is 13.2. The summed E-state index contributed by atoms with van der Waals surface area (Å²) in [5.74, 6) is -0.107. The highest BCUT2D eigenvalue weighted by Crippen LogP contribution is 2.37. The summed E-state index contributed by atoms with van der Waals surface area (Å²) < 4.78 is 67.9. The number of primary sulfonamides is 1. The van der Waals surface area contributed by atoms with Gasteiger partial charge >= 0.3 is 6.18 Å². The van der Waals surface area contributed by atoms with E-state index in [0.717, 1.165) is 23.9 Å². The molecule has 2 aromatic rings. The number of amides is 1. The molecular formula is C15H12F3N3O4S2. The molecule has 0 saturated carbocycles. The van der Waals surface area contributed by atoms with Crippen molar-refractivity contribution in [3.05, 3.63) is 46.6 Å². The van der Waals surface area contributed by atoms with Gasteiger partial charge in [-0.3, -0.25) is 4.79 Å². The number of hydrogen-bond acceptors (Lipinski definition) is 6. The molecule has 0 radical (unpaired) electrons. The Morgan fingerprint density at radius 1 is 1.22 bits per heavy atom. The lowest BCUT2D eigenvalue weighted by Gasteiger charge is -2.12. The van der Waals surface area contributed by atoms with E-state index in [1.807, 2.05) is 0 Å². The lowest BCUT2D eigenvalue weighted by molar-refractivity contribution is -0.139. The van der Waals surface area contributed by atoms with Gasteiger partial charge in [-0.05, 0) is 30.3 Å². The van der Waals surface area contributed by atoms with Crippen molar-refractivity contribution in [2.24, 2.45) is 10.9 Å². The molecule has 5 N–H and O–H groups in total. The van der Waals surface area contributed by atoms with Gasteiger partial charge in [0.1, 0.15) is 17.0 Å². The number of rotatable bonds is 3. The number of furan rings is 1. The van der Waals surface area contributed by atoms with E-state index in [9.17, 15) is 26.4 Å². The molecule has 7 nitrogen and oxygen atoms in total. The summed E-state index contributed by atoms with van der Waals surface area (Å²) in [5, 5.41) is 7.32. The summed E-state index contributed by atoms with van der Waals surface area (Å²) in [6, 6.07) is 5.42. The van der Waals surface area contributed by atoms with Gasteiger partial charge in [-0.25, -0.2) is 13.6 Å². The number of nitrogens with one attached hydrogen (secondary N) is 1. The highest BCUT2D eigenvalue weighted by molar-refractivity contribution is 8.05. The first-order chi connectivity index (χ1) is 12.4. The summed E-state index contributed by atoms with van der Waals surface area (Å²) in [6.07, 6.45) is -3.52. The van der Waals surface area contributed by atoms with E-state index >= 15 is 0 Å². The van der Waals surface area contributed by atoms with Crippen molar-refractivity contribution in [1.29, 1.82) is 0 Å². The summed E-state index contributed by atoms with van der Waals surface area (Å²) in [4.78, 5) is 10.9. The van der Waals surface area contributed by atoms with Crippen LogP contribution in [0.2, 0.25) is 0 Å². The minimum Gasteiger partial charge on any atom is -0.457 e. The molecule has 12 heteroatoms. The van der Waals surface area contributed by atoms with Crippen LogP contribution in [0.1, 0.15) is 11.3 Å². The molecule has 1 amide bonds.